The van der Waals surface area contributed by atoms with Crippen LogP contribution in [0.1, 0.15) is 40.9 Å². The van der Waals surface area contributed by atoms with Gasteiger partial charge in [-0.15, -0.1) is 0 Å². The van der Waals surface area contributed by atoms with Crippen molar-refractivity contribution in [2.24, 2.45) is 0 Å². The van der Waals surface area contributed by atoms with Crippen LogP contribution in [-0.2, 0) is 0 Å². The van der Waals surface area contributed by atoms with Crippen LogP contribution in [0.5, 0.6) is 0 Å². The number of aromatic nitrogens is 1. The van der Waals surface area contributed by atoms with E-state index >= 15 is 0 Å². The van der Waals surface area contributed by atoms with Gasteiger partial charge in [0.05, 0.1) is 10.2 Å². The monoisotopic (exact) mass is 395 g/mol. The zero-order valence-electron chi connectivity index (χ0n) is 17.5. The van der Waals surface area contributed by atoms with Crippen LogP contribution in [0.3, 0.4) is 0 Å². The number of hydrogen-bond donors (Lipinski definition) is 0. The van der Waals surface area contributed by atoms with Crippen LogP contribution in [-0.4, -0.2) is 42.0 Å². The molecule has 0 saturated heterocycles. The summed E-state index contributed by atoms with van der Waals surface area (Å²) in [5.41, 5.74) is 5.08. The van der Waals surface area contributed by atoms with Gasteiger partial charge < -0.3 is 4.90 Å². The predicted molar refractivity (Wildman–Crippen MR) is 120 cm³/mol. The van der Waals surface area contributed by atoms with Gasteiger partial charge in [-0.1, -0.05) is 48.9 Å². The zero-order valence-corrected chi connectivity index (χ0v) is 18.3. The van der Waals surface area contributed by atoms with Gasteiger partial charge in [0.15, 0.2) is 5.13 Å². The molecule has 0 aliphatic heterocycles. The van der Waals surface area contributed by atoms with E-state index in [0.717, 1.165) is 46.1 Å². The number of fused-ring (bicyclic) bond motifs is 1. The molecular formula is C23H29N3OS. The quantitative estimate of drug-likeness (QED) is 0.551. The molecule has 148 valence electrons. The van der Waals surface area contributed by atoms with E-state index in [1.165, 1.54) is 11.1 Å². The Bertz CT molecular complexity index is 975. The molecule has 3 aromatic rings. The summed E-state index contributed by atoms with van der Waals surface area (Å²) in [6.07, 6.45) is 0. The number of benzene rings is 2. The van der Waals surface area contributed by atoms with Crippen molar-refractivity contribution in [2.45, 2.75) is 34.6 Å². The van der Waals surface area contributed by atoms with E-state index in [4.69, 9.17) is 4.98 Å². The van der Waals surface area contributed by atoms with Gasteiger partial charge in [-0.3, -0.25) is 9.69 Å². The third-order valence-electron chi connectivity index (χ3n) is 5.16. The summed E-state index contributed by atoms with van der Waals surface area (Å²) >= 11 is 1.59. The van der Waals surface area contributed by atoms with E-state index in [-0.39, 0.29) is 5.91 Å². The van der Waals surface area contributed by atoms with Crippen molar-refractivity contribution < 1.29 is 4.79 Å². The molecule has 0 spiro atoms. The number of rotatable bonds is 7. The van der Waals surface area contributed by atoms with Crippen molar-refractivity contribution in [3.8, 4) is 0 Å². The smallest absolute Gasteiger partial charge is 0.260 e. The molecule has 0 N–H and O–H groups in total. The van der Waals surface area contributed by atoms with Crippen LogP contribution < -0.4 is 4.90 Å². The third-order valence-corrected chi connectivity index (χ3v) is 6.20. The van der Waals surface area contributed by atoms with Gasteiger partial charge in [-0.25, -0.2) is 4.98 Å². The molecule has 0 aliphatic carbocycles. The minimum atomic E-state index is 0.0282. The van der Waals surface area contributed by atoms with Gasteiger partial charge in [0, 0.05) is 18.7 Å². The van der Waals surface area contributed by atoms with Gasteiger partial charge in [-0.2, -0.15) is 0 Å². The molecule has 1 aromatic heterocycles. The summed E-state index contributed by atoms with van der Waals surface area (Å²) in [5.74, 6) is 0.0282. The fourth-order valence-corrected chi connectivity index (χ4v) is 4.49. The van der Waals surface area contributed by atoms with Crippen LogP contribution in [0.25, 0.3) is 10.2 Å². The fraction of sp³-hybridized carbons (Fsp3) is 0.391. The average Bonchev–Trinajstić information content (AvgIpc) is 3.07. The Kier molecular flexibility index (Phi) is 6.47. The molecule has 5 heteroatoms. The number of thiazole rings is 1. The summed E-state index contributed by atoms with van der Waals surface area (Å²) in [6.45, 7) is 13.9. The molecule has 1 amide bonds. The van der Waals surface area contributed by atoms with E-state index in [0.29, 0.717) is 6.54 Å². The summed E-state index contributed by atoms with van der Waals surface area (Å²) < 4.78 is 1.12. The van der Waals surface area contributed by atoms with Crippen LogP contribution in [0, 0.1) is 20.8 Å². The highest BCUT2D eigenvalue weighted by Crippen LogP contribution is 2.30. The number of nitrogens with zero attached hydrogens (tertiary/aromatic N) is 3. The standard InChI is InChI=1S/C23H29N3OS/c1-6-25(7-2)12-13-26(22(27)19-10-8-16(3)14-18(19)5)23-24-20-11-9-17(4)15-21(20)28-23/h8-11,14-15H,6-7,12-13H2,1-5H3. The molecule has 0 unspecified atom stereocenters. The number of anilines is 1. The summed E-state index contributed by atoms with van der Waals surface area (Å²) in [7, 11) is 0. The van der Waals surface area contributed by atoms with Crippen molar-refractivity contribution >= 4 is 32.6 Å². The number of carbonyl (C=O) groups is 1. The number of amides is 1. The largest absolute Gasteiger partial charge is 0.302 e. The second-order valence-electron chi connectivity index (χ2n) is 7.27. The highest BCUT2D eigenvalue weighted by atomic mass is 32.1. The molecular weight excluding hydrogens is 366 g/mol. The Morgan fingerprint density at radius 1 is 0.964 bits per heavy atom. The number of carbonyl (C=O) groups excluding carboxylic acids is 1. The van der Waals surface area contributed by atoms with Gasteiger partial charge in [0.25, 0.3) is 5.91 Å². The first kappa shape index (κ1) is 20.5. The summed E-state index contributed by atoms with van der Waals surface area (Å²) in [6, 6.07) is 12.3. The molecule has 4 nitrogen and oxygen atoms in total. The lowest BCUT2D eigenvalue weighted by Gasteiger charge is -2.25. The maximum atomic E-state index is 13.5. The van der Waals surface area contributed by atoms with E-state index in [2.05, 4.69) is 50.8 Å². The van der Waals surface area contributed by atoms with Crippen LogP contribution >= 0.6 is 11.3 Å². The van der Waals surface area contributed by atoms with Crippen molar-refractivity contribution in [3.63, 3.8) is 0 Å². The molecule has 0 radical (unpaired) electrons. The molecule has 0 saturated carbocycles. The molecule has 0 atom stereocenters. The van der Waals surface area contributed by atoms with Gasteiger partial charge in [0.2, 0.25) is 0 Å². The van der Waals surface area contributed by atoms with Gasteiger partial charge >= 0.3 is 0 Å². The average molecular weight is 396 g/mol. The number of likely N-dealkylation sites (N-methyl/N-ethyl adjacent to an activating group) is 1. The van der Waals surface area contributed by atoms with Crippen LogP contribution in [0.2, 0.25) is 0 Å². The first-order chi connectivity index (χ1) is 13.4. The Morgan fingerprint density at radius 3 is 2.32 bits per heavy atom. The number of hydrogen-bond acceptors (Lipinski definition) is 4. The topological polar surface area (TPSA) is 36.4 Å². The second-order valence-corrected chi connectivity index (χ2v) is 8.28. The van der Waals surface area contributed by atoms with Gasteiger partial charge in [-0.05, 0) is 63.2 Å². The molecule has 28 heavy (non-hydrogen) atoms. The van der Waals surface area contributed by atoms with Crippen molar-refractivity contribution in [1.29, 1.82) is 0 Å². The third kappa shape index (κ3) is 4.42. The van der Waals surface area contributed by atoms with E-state index < -0.39 is 0 Å². The predicted octanol–water partition coefficient (Wildman–Crippen LogP) is 5.21. The van der Waals surface area contributed by atoms with E-state index in [1.807, 2.05) is 30.0 Å². The maximum absolute atomic E-state index is 13.5. The molecule has 0 bridgehead atoms. The molecule has 3 rings (SSSR count). The lowest BCUT2D eigenvalue weighted by molar-refractivity contribution is 0.0983. The Labute approximate surface area is 171 Å². The normalized spacial score (nSPS) is 11.4. The lowest BCUT2D eigenvalue weighted by atomic mass is 10.0. The van der Waals surface area contributed by atoms with Crippen molar-refractivity contribution in [2.75, 3.05) is 31.1 Å². The van der Waals surface area contributed by atoms with E-state index in [1.54, 1.807) is 11.3 Å². The number of aryl methyl sites for hydroxylation is 3. The van der Waals surface area contributed by atoms with Crippen molar-refractivity contribution in [1.82, 2.24) is 9.88 Å². The van der Waals surface area contributed by atoms with Gasteiger partial charge in [0.1, 0.15) is 0 Å². The van der Waals surface area contributed by atoms with E-state index in [9.17, 15) is 4.79 Å². The SMILES string of the molecule is CCN(CC)CCN(C(=O)c1ccc(C)cc1C)c1nc2ccc(C)cc2s1. The lowest BCUT2D eigenvalue weighted by Crippen LogP contribution is -2.39. The minimum absolute atomic E-state index is 0.0282. The van der Waals surface area contributed by atoms with Crippen LogP contribution in [0.15, 0.2) is 36.4 Å². The Balaban J connectivity index is 1.98. The molecule has 1 heterocycles. The highest BCUT2D eigenvalue weighted by molar-refractivity contribution is 7.22. The molecule has 0 fully saturated rings. The maximum Gasteiger partial charge on any atom is 0.260 e. The Morgan fingerprint density at radius 2 is 1.64 bits per heavy atom. The first-order valence-electron chi connectivity index (χ1n) is 9.91. The minimum Gasteiger partial charge on any atom is -0.302 e. The van der Waals surface area contributed by atoms with Crippen molar-refractivity contribution in [3.05, 3.63) is 58.7 Å². The first-order valence-corrected chi connectivity index (χ1v) is 10.7. The zero-order chi connectivity index (χ0) is 20.3. The Hall–Kier alpha value is -2.24. The fourth-order valence-electron chi connectivity index (χ4n) is 3.40. The summed E-state index contributed by atoms with van der Waals surface area (Å²) in [4.78, 5) is 22.5. The second kappa shape index (κ2) is 8.84. The van der Waals surface area contributed by atoms with Crippen LogP contribution in [0.4, 0.5) is 5.13 Å². The highest BCUT2D eigenvalue weighted by Gasteiger charge is 2.23. The summed E-state index contributed by atoms with van der Waals surface area (Å²) in [5, 5.41) is 0.776. The molecule has 2 aromatic carbocycles. The molecule has 0 aliphatic rings.